The molecule has 0 aliphatic heterocycles. The van der Waals surface area contributed by atoms with E-state index in [9.17, 15) is 14.4 Å². The summed E-state index contributed by atoms with van der Waals surface area (Å²) in [7, 11) is 0. The molecule has 0 saturated heterocycles. The van der Waals surface area contributed by atoms with Crippen LogP contribution in [0.25, 0.3) is 0 Å². The zero-order valence-electron chi connectivity index (χ0n) is 10.6. The van der Waals surface area contributed by atoms with Gasteiger partial charge in [-0.25, -0.2) is 4.79 Å². The molecule has 0 aliphatic rings. The van der Waals surface area contributed by atoms with Crippen molar-refractivity contribution >= 4 is 18.0 Å². The van der Waals surface area contributed by atoms with Crippen LogP contribution in [0, 0.1) is 0 Å². The molecule has 0 aliphatic carbocycles. The number of carbonyl (C=O) groups excluding carboxylic acids is 2. The van der Waals surface area contributed by atoms with Crippen molar-refractivity contribution in [3.8, 4) is 0 Å². The first-order chi connectivity index (χ1) is 7.58. The minimum absolute atomic E-state index is 0.245. The Morgan fingerprint density at radius 1 is 1.29 bits per heavy atom. The summed E-state index contributed by atoms with van der Waals surface area (Å²) in [5, 5.41) is 10.3. The molecule has 7 heteroatoms. The molecular formula is C10H20N2O5. The van der Waals surface area contributed by atoms with Crippen molar-refractivity contribution in [3.63, 3.8) is 0 Å². The Bertz CT molecular complexity index is 270. The highest BCUT2D eigenvalue weighted by molar-refractivity contribution is 5.76. The number of primary amides is 1. The molecule has 2 amide bonds. The van der Waals surface area contributed by atoms with Crippen LogP contribution in [-0.2, 0) is 14.3 Å². The second-order valence-corrected chi connectivity index (χ2v) is 4.07. The van der Waals surface area contributed by atoms with E-state index < -0.39 is 24.2 Å². The number of carboxylic acid groups (broad SMARTS) is 1. The van der Waals surface area contributed by atoms with Crippen LogP contribution in [0.15, 0.2) is 0 Å². The van der Waals surface area contributed by atoms with Crippen LogP contribution in [-0.4, -0.2) is 35.2 Å². The average molecular weight is 248 g/mol. The fourth-order valence-corrected chi connectivity index (χ4v) is 0.462. The minimum Gasteiger partial charge on any atom is -0.480 e. The zero-order chi connectivity index (χ0) is 14.1. The molecule has 0 aromatic heterocycles. The van der Waals surface area contributed by atoms with Gasteiger partial charge in [-0.15, -0.1) is 0 Å². The lowest BCUT2D eigenvalue weighted by atomic mass is 10.2. The van der Waals surface area contributed by atoms with Crippen molar-refractivity contribution in [1.29, 1.82) is 0 Å². The Morgan fingerprint density at radius 3 is 1.94 bits per heavy atom. The fourth-order valence-electron chi connectivity index (χ4n) is 0.462. The number of carboxylic acids is 1. The third-order valence-electron chi connectivity index (χ3n) is 1.13. The van der Waals surface area contributed by atoms with E-state index in [1.54, 1.807) is 27.7 Å². The first-order valence-electron chi connectivity index (χ1n) is 5.05. The van der Waals surface area contributed by atoms with Crippen molar-refractivity contribution in [3.05, 3.63) is 0 Å². The number of ether oxygens (including phenoxy) is 1. The molecule has 17 heavy (non-hydrogen) atoms. The third kappa shape index (κ3) is 20.3. The molecule has 7 nitrogen and oxygen atoms in total. The molecule has 0 bridgehead atoms. The van der Waals surface area contributed by atoms with E-state index in [0.717, 1.165) is 0 Å². The second kappa shape index (κ2) is 8.37. The standard InChI is InChI=1S/C7H13NO4.C3H7NO/c1-7(2,3)12-6(11)8-4-5(9)10;1-2-3(4)5/h4H2,1-3H3,(H,8,11)(H,9,10);2H2,1H3,(H2,4,5). The SMILES string of the molecule is CC(C)(C)OC(=O)NCC(=O)O.CCC(N)=O. The number of nitrogens with one attached hydrogen (secondary N) is 1. The Kier molecular flexibility index (Phi) is 8.67. The van der Waals surface area contributed by atoms with Gasteiger partial charge in [0.1, 0.15) is 12.1 Å². The predicted molar refractivity (Wildman–Crippen MR) is 61.4 cm³/mol. The molecule has 0 spiro atoms. The van der Waals surface area contributed by atoms with Gasteiger partial charge in [-0.2, -0.15) is 0 Å². The summed E-state index contributed by atoms with van der Waals surface area (Å²) in [5.74, 6) is -1.34. The summed E-state index contributed by atoms with van der Waals surface area (Å²) in [6, 6.07) is 0. The van der Waals surface area contributed by atoms with Gasteiger partial charge >= 0.3 is 12.1 Å². The lowest BCUT2D eigenvalue weighted by Gasteiger charge is -2.19. The minimum atomic E-state index is -1.10. The molecular weight excluding hydrogens is 228 g/mol. The number of rotatable bonds is 3. The fraction of sp³-hybridized carbons (Fsp3) is 0.700. The van der Waals surface area contributed by atoms with Gasteiger partial charge in [0.25, 0.3) is 0 Å². The summed E-state index contributed by atoms with van der Waals surface area (Å²) >= 11 is 0. The molecule has 0 aromatic carbocycles. The number of nitrogens with two attached hydrogens (primary N) is 1. The first-order valence-corrected chi connectivity index (χ1v) is 5.05. The summed E-state index contributed by atoms with van der Waals surface area (Å²) in [4.78, 5) is 30.4. The van der Waals surface area contributed by atoms with Crippen LogP contribution >= 0.6 is 0 Å². The number of aliphatic carboxylic acids is 1. The van der Waals surface area contributed by atoms with E-state index in [2.05, 4.69) is 11.1 Å². The van der Waals surface area contributed by atoms with Crippen molar-refractivity contribution in [1.82, 2.24) is 5.32 Å². The first kappa shape index (κ1) is 17.6. The van der Waals surface area contributed by atoms with E-state index in [1.165, 1.54) is 0 Å². The molecule has 0 rings (SSSR count). The Balaban J connectivity index is 0. The maximum Gasteiger partial charge on any atom is 0.408 e. The Hall–Kier alpha value is -1.79. The maximum absolute atomic E-state index is 10.8. The van der Waals surface area contributed by atoms with Crippen LogP contribution in [0.3, 0.4) is 0 Å². The molecule has 0 heterocycles. The van der Waals surface area contributed by atoms with Crippen LogP contribution in [0.5, 0.6) is 0 Å². The van der Waals surface area contributed by atoms with Crippen molar-refractivity contribution < 1.29 is 24.2 Å². The number of hydrogen-bond donors (Lipinski definition) is 3. The topological polar surface area (TPSA) is 119 Å². The number of amides is 2. The monoisotopic (exact) mass is 248 g/mol. The van der Waals surface area contributed by atoms with E-state index in [0.29, 0.717) is 6.42 Å². The highest BCUT2D eigenvalue weighted by atomic mass is 16.6. The normalized spacial score (nSPS) is 9.65. The van der Waals surface area contributed by atoms with Crippen LogP contribution in [0.2, 0.25) is 0 Å². The Labute approximate surface area is 100 Å². The summed E-state index contributed by atoms with van der Waals surface area (Å²) in [6.07, 6.45) is -0.273. The van der Waals surface area contributed by atoms with Crippen LogP contribution in [0.1, 0.15) is 34.1 Å². The van der Waals surface area contributed by atoms with Gasteiger partial charge in [0.15, 0.2) is 0 Å². The summed E-state index contributed by atoms with van der Waals surface area (Å²) < 4.78 is 4.77. The predicted octanol–water partition coefficient (Wildman–Crippen LogP) is 0.477. The van der Waals surface area contributed by atoms with Crippen LogP contribution in [0.4, 0.5) is 4.79 Å². The summed E-state index contributed by atoms with van der Waals surface area (Å²) in [5.41, 5.74) is 4.06. The zero-order valence-corrected chi connectivity index (χ0v) is 10.6. The number of hydrogen-bond acceptors (Lipinski definition) is 4. The largest absolute Gasteiger partial charge is 0.480 e. The lowest BCUT2D eigenvalue weighted by molar-refractivity contribution is -0.136. The van der Waals surface area contributed by atoms with E-state index in [1.807, 2.05) is 0 Å². The van der Waals surface area contributed by atoms with Crippen LogP contribution < -0.4 is 11.1 Å². The van der Waals surface area contributed by atoms with Crippen molar-refractivity contribution in [2.75, 3.05) is 6.54 Å². The van der Waals surface area contributed by atoms with Gasteiger partial charge in [0.2, 0.25) is 5.91 Å². The molecule has 0 saturated carbocycles. The van der Waals surface area contributed by atoms with E-state index in [-0.39, 0.29) is 5.91 Å². The highest BCUT2D eigenvalue weighted by Crippen LogP contribution is 2.05. The number of carbonyl (C=O) groups is 3. The lowest BCUT2D eigenvalue weighted by Crippen LogP contribution is -2.35. The van der Waals surface area contributed by atoms with Gasteiger partial charge in [-0.05, 0) is 20.8 Å². The summed E-state index contributed by atoms with van der Waals surface area (Å²) in [6.45, 7) is 6.41. The molecule has 0 radical (unpaired) electrons. The third-order valence-corrected chi connectivity index (χ3v) is 1.13. The van der Waals surface area contributed by atoms with E-state index >= 15 is 0 Å². The van der Waals surface area contributed by atoms with Gasteiger partial charge < -0.3 is 20.9 Å². The second-order valence-electron chi connectivity index (χ2n) is 4.07. The molecule has 0 unspecified atom stereocenters. The highest BCUT2D eigenvalue weighted by Gasteiger charge is 2.15. The van der Waals surface area contributed by atoms with E-state index in [4.69, 9.17) is 9.84 Å². The maximum atomic E-state index is 10.8. The molecule has 0 atom stereocenters. The number of alkyl carbamates (subject to hydrolysis) is 1. The molecule has 0 fully saturated rings. The van der Waals surface area contributed by atoms with Gasteiger partial charge in [0.05, 0.1) is 0 Å². The van der Waals surface area contributed by atoms with Crippen molar-refractivity contribution in [2.45, 2.75) is 39.7 Å². The van der Waals surface area contributed by atoms with Gasteiger partial charge in [-0.1, -0.05) is 6.92 Å². The quantitative estimate of drug-likeness (QED) is 0.671. The molecule has 100 valence electrons. The van der Waals surface area contributed by atoms with Gasteiger partial charge in [-0.3, -0.25) is 9.59 Å². The smallest absolute Gasteiger partial charge is 0.408 e. The molecule has 4 N–H and O–H groups in total. The van der Waals surface area contributed by atoms with Crippen molar-refractivity contribution in [2.24, 2.45) is 5.73 Å². The average Bonchev–Trinajstić information content (AvgIpc) is 2.13. The molecule has 0 aromatic rings. The Morgan fingerprint density at radius 2 is 1.71 bits per heavy atom. The van der Waals surface area contributed by atoms with Gasteiger partial charge in [0, 0.05) is 6.42 Å².